The first-order valence-electron chi connectivity index (χ1n) is 9.49. The molecule has 6 nitrogen and oxygen atoms in total. The smallest absolute Gasteiger partial charge is 0.257 e. The molecule has 2 heterocycles. The summed E-state index contributed by atoms with van der Waals surface area (Å²) < 4.78 is 0. The van der Waals surface area contributed by atoms with Gasteiger partial charge in [-0.25, -0.2) is 0 Å². The lowest BCUT2D eigenvalue weighted by Crippen LogP contribution is -2.24. The lowest BCUT2D eigenvalue weighted by atomic mass is 10.1. The van der Waals surface area contributed by atoms with Crippen LogP contribution >= 0.6 is 11.3 Å². The second-order valence-corrected chi connectivity index (χ2v) is 8.53. The number of hydrogen-bond acceptors (Lipinski definition) is 5. The highest BCUT2D eigenvalue weighted by Crippen LogP contribution is 2.35. The lowest BCUT2D eigenvalue weighted by Gasteiger charge is -2.17. The van der Waals surface area contributed by atoms with E-state index in [0.717, 1.165) is 27.4 Å². The molecular weight excluding hydrogens is 384 g/mol. The maximum absolute atomic E-state index is 12.6. The average Bonchev–Trinajstić information content (AvgIpc) is 3.28. The zero-order chi connectivity index (χ0) is 20.5. The van der Waals surface area contributed by atoms with Crippen molar-refractivity contribution in [2.75, 3.05) is 16.8 Å². The molecule has 1 atom stereocenters. The summed E-state index contributed by atoms with van der Waals surface area (Å²) in [7, 11) is 0. The van der Waals surface area contributed by atoms with Gasteiger partial charge in [-0.2, -0.15) is 0 Å². The average molecular weight is 407 g/mol. The summed E-state index contributed by atoms with van der Waals surface area (Å²) in [4.78, 5) is 26.8. The molecule has 4 rings (SSSR count). The van der Waals surface area contributed by atoms with Crippen LogP contribution in [0.1, 0.15) is 44.4 Å². The van der Waals surface area contributed by atoms with Gasteiger partial charge in [-0.1, -0.05) is 35.1 Å². The first kappa shape index (κ1) is 19.3. The number of nitrogens with one attached hydrogen (secondary N) is 1. The third-order valence-corrected chi connectivity index (χ3v) is 5.97. The molecule has 1 fully saturated rings. The molecule has 0 bridgehead atoms. The normalized spacial score (nSPS) is 16.3. The molecule has 0 radical (unpaired) electrons. The fourth-order valence-electron chi connectivity index (χ4n) is 3.55. The van der Waals surface area contributed by atoms with Gasteiger partial charge in [0.1, 0.15) is 5.01 Å². The second kappa shape index (κ2) is 7.75. The van der Waals surface area contributed by atoms with Crippen LogP contribution in [0.4, 0.5) is 10.8 Å². The highest BCUT2D eigenvalue weighted by Gasteiger charge is 2.34. The molecule has 2 amide bonds. The fourth-order valence-corrected chi connectivity index (χ4v) is 4.38. The Hall–Kier alpha value is -3.06. The monoisotopic (exact) mass is 406 g/mol. The minimum absolute atomic E-state index is 0.0224. The Bertz CT molecular complexity index is 1050. The van der Waals surface area contributed by atoms with E-state index in [1.54, 1.807) is 12.1 Å². The van der Waals surface area contributed by atoms with Crippen molar-refractivity contribution >= 4 is 34.0 Å². The highest BCUT2D eigenvalue weighted by atomic mass is 32.1. The van der Waals surface area contributed by atoms with Crippen molar-refractivity contribution in [2.24, 2.45) is 0 Å². The number of anilines is 2. The summed E-state index contributed by atoms with van der Waals surface area (Å²) in [5.41, 5.74) is 4.86. The number of nitrogens with zero attached hydrogens (tertiary/aromatic N) is 3. The number of carbonyl (C=O) groups excluding carboxylic acids is 2. The number of amides is 2. The van der Waals surface area contributed by atoms with Gasteiger partial charge < -0.3 is 4.90 Å². The van der Waals surface area contributed by atoms with Crippen LogP contribution in [0.25, 0.3) is 0 Å². The molecule has 1 aromatic heterocycles. The van der Waals surface area contributed by atoms with Crippen LogP contribution in [0.3, 0.4) is 0 Å². The second-order valence-electron chi connectivity index (χ2n) is 7.52. The molecule has 3 aromatic rings. The van der Waals surface area contributed by atoms with Crippen molar-refractivity contribution in [3.8, 4) is 0 Å². The number of benzene rings is 2. The summed E-state index contributed by atoms with van der Waals surface area (Å²) in [6.45, 7) is 6.61. The number of aryl methyl sites for hydroxylation is 3. The van der Waals surface area contributed by atoms with Gasteiger partial charge in [0.25, 0.3) is 5.91 Å². The van der Waals surface area contributed by atoms with Crippen LogP contribution in [0.15, 0.2) is 42.5 Å². The van der Waals surface area contributed by atoms with E-state index < -0.39 is 0 Å². The Balaban J connectivity index is 1.46. The van der Waals surface area contributed by atoms with Crippen molar-refractivity contribution in [3.63, 3.8) is 0 Å². The van der Waals surface area contributed by atoms with E-state index in [9.17, 15) is 9.59 Å². The van der Waals surface area contributed by atoms with E-state index in [1.165, 1.54) is 11.3 Å². The molecule has 1 aliphatic heterocycles. The zero-order valence-electron chi connectivity index (χ0n) is 16.6. The van der Waals surface area contributed by atoms with E-state index in [1.807, 2.05) is 49.9 Å². The van der Waals surface area contributed by atoms with Gasteiger partial charge in [-0.05, 0) is 56.2 Å². The van der Waals surface area contributed by atoms with Crippen LogP contribution in [0.2, 0.25) is 0 Å². The summed E-state index contributed by atoms with van der Waals surface area (Å²) in [6.07, 6.45) is 0.396. The molecule has 0 spiro atoms. The van der Waals surface area contributed by atoms with Gasteiger partial charge >= 0.3 is 0 Å². The summed E-state index contributed by atoms with van der Waals surface area (Å²) in [6, 6.07) is 13.5. The number of aromatic nitrogens is 2. The Kier molecular flexibility index (Phi) is 5.15. The van der Waals surface area contributed by atoms with Crippen molar-refractivity contribution in [1.82, 2.24) is 10.2 Å². The van der Waals surface area contributed by atoms with Gasteiger partial charge in [-0.3, -0.25) is 14.9 Å². The Morgan fingerprint density at radius 1 is 1.03 bits per heavy atom. The van der Waals surface area contributed by atoms with Gasteiger partial charge in [0.2, 0.25) is 11.0 Å². The molecule has 1 saturated heterocycles. The van der Waals surface area contributed by atoms with Crippen molar-refractivity contribution in [1.29, 1.82) is 0 Å². The van der Waals surface area contributed by atoms with Crippen LogP contribution in [-0.2, 0) is 4.79 Å². The molecule has 1 aliphatic rings. The maximum atomic E-state index is 12.6. The molecule has 1 N–H and O–H groups in total. The minimum Gasteiger partial charge on any atom is -0.312 e. The van der Waals surface area contributed by atoms with Crippen LogP contribution in [-0.4, -0.2) is 28.6 Å². The number of rotatable bonds is 4. The number of hydrogen-bond donors (Lipinski definition) is 1. The first-order chi connectivity index (χ1) is 13.9. The van der Waals surface area contributed by atoms with Crippen LogP contribution in [0.5, 0.6) is 0 Å². The van der Waals surface area contributed by atoms with Gasteiger partial charge in [0, 0.05) is 30.1 Å². The molecule has 0 saturated carbocycles. The largest absolute Gasteiger partial charge is 0.312 e. The summed E-state index contributed by atoms with van der Waals surface area (Å²) >= 11 is 1.33. The quantitative estimate of drug-likeness (QED) is 0.703. The standard InChI is InChI=1S/C22H22N4O2S/c1-13-4-6-16(7-5-13)20(28)23-22-25-24-21(29-22)17-11-19(27)26(12-17)18-9-14(2)8-15(3)10-18/h4-10,17H,11-12H2,1-3H3,(H,23,25,28)/t17-/m0/s1. The molecule has 7 heteroatoms. The van der Waals surface area contributed by atoms with E-state index >= 15 is 0 Å². The fraction of sp³-hybridized carbons (Fsp3) is 0.273. The van der Waals surface area contributed by atoms with E-state index in [4.69, 9.17) is 0 Å². The number of carbonyl (C=O) groups is 2. The third-order valence-electron chi connectivity index (χ3n) is 4.97. The van der Waals surface area contributed by atoms with E-state index in [0.29, 0.717) is 23.7 Å². The van der Waals surface area contributed by atoms with E-state index in [2.05, 4.69) is 21.6 Å². The Morgan fingerprint density at radius 2 is 1.72 bits per heavy atom. The Labute approximate surface area is 173 Å². The Morgan fingerprint density at radius 3 is 2.41 bits per heavy atom. The van der Waals surface area contributed by atoms with Crippen molar-refractivity contribution < 1.29 is 9.59 Å². The van der Waals surface area contributed by atoms with Crippen molar-refractivity contribution in [2.45, 2.75) is 33.1 Å². The molecule has 148 valence electrons. The SMILES string of the molecule is Cc1ccc(C(=O)Nc2nnc([C@H]3CC(=O)N(c4cc(C)cc(C)c4)C3)s2)cc1. The maximum Gasteiger partial charge on any atom is 0.257 e. The third kappa shape index (κ3) is 4.19. The van der Waals surface area contributed by atoms with Gasteiger partial charge in [0.05, 0.1) is 0 Å². The molecule has 0 aliphatic carbocycles. The lowest BCUT2D eigenvalue weighted by molar-refractivity contribution is -0.117. The molecule has 0 unspecified atom stereocenters. The topological polar surface area (TPSA) is 75.2 Å². The summed E-state index contributed by atoms with van der Waals surface area (Å²) in [5, 5.41) is 12.3. The minimum atomic E-state index is -0.216. The van der Waals surface area contributed by atoms with Gasteiger partial charge in [-0.15, -0.1) is 10.2 Å². The zero-order valence-corrected chi connectivity index (χ0v) is 17.4. The van der Waals surface area contributed by atoms with Crippen LogP contribution in [0, 0.1) is 20.8 Å². The predicted molar refractivity (Wildman–Crippen MR) is 115 cm³/mol. The van der Waals surface area contributed by atoms with Gasteiger partial charge in [0.15, 0.2) is 0 Å². The highest BCUT2D eigenvalue weighted by molar-refractivity contribution is 7.15. The molecular formula is C22H22N4O2S. The molecule has 2 aromatic carbocycles. The first-order valence-corrected chi connectivity index (χ1v) is 10.3. The van der Waals surface area contributed by atoms with E-state index in [-0.39, 0.29) is 17.7 Å². The predicted octanol–water partition coefficient (Wildman–Crippen LogP) is 4.24. The van der Waals surface area contributed by atoms with Crippen molar-refractivity contribution in [3.05, 3.63) is 69.7 Å². The molecule has 29 heavy (non-hydrogen) atoms. The van der Waals surface area contributed by atoms with Crippen LogP contribution < -0.4 is 10.2 Å². The summed E-state index contributed by atoms with van der Waals surface area (Å²) in [5.74, 6) is -0.154.